The first-order chi connectivity index (χ1) is 12.8. The number of thiazole rings is 1. The lowest BCUT2D eigenvalue weighted by Gasteiger charge is -2.28. The second-order valence-corrected chi connectivity index (χ2v) is 9.74. The van der Waals surface area contributed by atoms with E-state index in [4.69, 9.17) is 4.74 Å². The van der Waals surface area contributed by atoms with Crippen molar-refractivity contribution in [1.82, 2.24) is 8.87 Å². The normalized spacial score (nSPS) is 17.6. The van der Waals surface area contributed by atoms with Crippen LogP contribution in [0.2, 0.25) is 0 Å². The third kappa shape index (κ3) is 3.95. The quantitative estimate of drug-likeness (QED) is 0.772. The molecule has 0 bridgehead atoms. The fourth-order valence-corrected chi connectivity index (χ4v) is 5.50. The molecule has 27 heavy (non-hydrogen) atoms. The van der Waals surface area contributed by atoms with Gasteiger partial charge in [0.25, 0.3) is 5.91 Å². The van der Waals surface area contributed by atoms with Gasteiger partial charge >= 0.3 is 0 Å². The van der Waals surface area contributed by atoms with Gasteiger partial charge in [-0.2, -0.15) is 4.99 Å². The average molecular weight is 412 g/mol. The second-order valence-electron chi connectivity index (χ2n) is 6.78. The van der Waals surface area contributed by atoms with E-state index in [-0.39, 0.29) is 11.8 Å². The summed E-state index contributed by atoms with van der Waals surface area (Å²) in [4.78, 5) is 17.8. The zero-order valence-electron chi connectivity index (χ0n) is 16.1. The number of hydrogen-bond donors (Lipinski definition) is 0. The predicted molar refractivity (Wildman–Crippen MR) is 106 cm³/mol. The third-order valence-corrected chi connectivity index (χ3v) is 7.52. The number of rotatable bonds is 4. The molecule has 0 unspecified atom stereocenters. The minimum Gasteiger partial charge on any atom is -0.495 e. The van der Waals surface area contributed by atoms with Gasteiger partial charge in [0.2, 0.25) is 10.0 Å². The summed E-state index contributed by atoms with van der Waals surface area (Å²) >= 11 is 1.49. The van der Waals surface area contributed by atoms with Crippen LogP contribution in [0.4, 0.5) is 0 Å². The highest BCUT2D eigenvalue weighted by Crippen LogP contribution is 2.30. The van der Waals surface area contributed by atoms with Gasteiger partial charge in [-0.3, -0.25) is 4.79 Å². The molecular weight excluding hydrogens is 386 g/mol. The molecule has 148 valence electrons. The van der Waals surface area contributed by atoms with Crippen LogP contribution in [0.5, 0.6) is 5.75 Å². The van der Waals surface area contributed by atoms with E-state index in [1.807, 2.05) is 30.5 Å². The second kappa shape index (κ2) is 7.73. The molecule has 1 aliphatic rings. The van der Waals surface area contributed by atoms with Crippen LogP contribution in [0, 0.1) is 12.8 Å². The zero-order chi connectivity index (χ0) is 19.8. The number of ether oxygens (including phenoxy) is 1. The van der Waals surface area contributed by atoms with Gasteiger partial charge in [0, 0.05) is 25.6 Å². The molecule has 2 aromatic rings. The number of benzene rings is 1. The lowest BCUT2D eigenvalue weighted by atomic mass is 9.98. The summed E-state index contributed by atoms with van der Waals surface area (Å²) in [6.45, 7) is 5.47. The summed E-state index contributed by atoms with van der Waals surface area (Å²) in [6.07, 6.45) is 2.22. The number of carbonyl (C=O) groups excluding carboxylic acids is 1. The largest absolute Gasteiger partial charge is 0.495 e. The fourth-order valence-electron chi connectivity index (χ4n) is 3.44. The molecule has 0 radical (unpaired) electrons. The van der Waals surface area contributed by atoms with Crippen molar-refractivity contribution in [2.75, 3.05) is 26.5 Å². The first-order valence-corrected chi connectivity index (χ1v) is 11.6. The molecule has 1 fully saturated rings. The number of methoxy groups -OCH3 is 1. The maximum absolute atomic E-state index is 12.7. The highest BCUT2D eigenvalue weighted by atomic mass is 32.2. The van der Waals surface area contributed by atoms with E-state index >= 15 is 0 Å². The van der Waals surface area contributed by atoms with Crippen molar-refractivity contribution in [2.24, 2.45) is 10.9 Å². The Balaban J connectivity index is 1.94. The molecule has 2 heterocycles. The Labute approximate surface area is 163 Å². The maximum atomic E-state index is 12.7. The van der Waals surface area contributed by atoms with Crippen molar-refractivity contribution in [2.45, 2.75) is 33.2 Å². The number of piperidine rings is 1. The molecule has 0 atom stereocenters. The van der Waals surface area contributed by atoms with Crippen molar-refractivity contribution in [3.8, 4) is 5.75 Å². The molecule has 0 N–H and O–H groups in total. The molecular formula is C18H25N3O4S2. The maximum Gasteiger partial charge on any atom is 0.251 e. The highest BCUT2D eigenvalue weighted by Gasteiger charge is 2.29. The van der Waals surface area contributed by atoms with E-state index < -0.39 is 10.0 Å². The number of amides is 1. The monoisotopic (exact) mass is 411 g/mol. The van der Waals surface area contributed by atoms with Crippen LogP contribution < -0.4 is 9.54 Å². The minimum absolute atomic E-state index is 0.173. The van der Waals surface area contributed by atoms with Gasteiger partial charge in [-0.05, 0) is 38.3 Å². The van der Waals surface area contributed by atoms with E-state index in [0.717, 1.165) is 21.5 Å². The molecule has 3 rings (SSSR count). The summed E-state index contributed by atoms with van der Waals surface area (Å²) in [5.74, 6) is 0.360. The van der Waals surface area contributed by atoms with Gasteiger partial charge in [0.1, 0.15) is 11.3 Å². The summed E-state index contributed by atoms with van der Waals surface area (Å²) in [5.41, 5.74) is 2.08. The minimum atomic E-state index is -3.20. The van der Waals surface area contributed by atoms with Crippen LogP contribution in [-0.2, 0) is 21.4 Å². The number of aromatic nitrogens is 1. The Hall–Kier alpha value is -1.71. The van der Waals surface area contributed by atoms with E-state index in [0.29, 0.717) is 37.3 Å². The van der Waals surface area contributed by atoms with Crippen LogP contribution in [0.1, 0.15) is 25.3 Å². The Morgan fingerprint density at radius 1 is 1.33 bits per heavy atom. The fraction of sp³-hybridized carbons (Fsp3) is 0.556. The van der Waals surface area contributed by atoms with Gasteiger partial charge < -0.3 is 9.30 Å². The van der Waals surface area contributed by atoms with Crippen molar-refractivity contribution in [3.05, 3.63) is 22.5 Å². The summed E-state index contributed by atoms with van der Waals surface area (Å²) in [5, 5.41) is 0. The lowest BCUT2D eigenvalue weighted by Crippen LogP contribution is -2.39. The molecule has 1 aromatic heterocycles. The molecule has 1 amide bonds. The van der Waals surface area contributed by atoms with Crippen molar-refractivity contribution in [3.63, 3.8) is 0 Å². The first-order valence-electron chi connectivity index (χ1n) is 8.96. The number of nitrogens with zero attached hydrogens (tertiary/aromatic N) is 3. The third-order valence-electron chi connectivity index (χ3n) is 5.00. The van der Waals surface area contributed by atoms with Gasteiger partial charge in [0.15, 0.2) is 4.80 Å². The molecule has 0 aliphatic carbocycles. The summed E-state index contributed by atoms with van der Waals surface area (Å²) in [7, 11) is -1.56. The topological polar surface area (TPSA) is 81.0 Å². The molecule has 0 saturated carbocycles. The summed E-state index contributed by atoms with van der Waals surface area (Å²) in [6, 6.07) is 3.94. The number of carbonyl (C=O) groups is 1. The SMILES string of the molecule is CCn1c(=NC(=O)C2CCN(S(C)(=O)=O)CC2)sc2c(C)ccc(OC)c21. The molecule has 9 heteroatoms. The lowest BCUT2D eigenvalue weighted by molar-refractivity contribution is -0.122. The Kier molecular flexibility index (Phi) is 5.73. The Bertz CT molecular complexity index is 1030. The van der Waals surface area contributed by atoms with E-state index in [1.165, 1.54) is 21.9 Å². The van der Waals surface area contributed by atoms with E-state index in [2.05, 4.69) is 4.99 Å². The van der Waals surface area contributed by atoms with Crippen LogP contribution in [-0.4, -0.2) is 49.7 Å². The van der Waals surface area contributed by atoms with Crippen LogP contribution in [0.3, 0.4) is 0 Å². The zero-order valence-corrected chi connectivity index (χ0v) is 17.7. The van der Waals surface area contributed by atoms with Crippen LogP contribution in [0.15, 0.2) is 17.1 Å². The number of hydrogen-bond acceptors (Lipinski definition) is 5. The number of fused-ring (bicyclic) bond motifs is 1. The average Bonchev–Trinajstić information content (AvgIpc) is 3.00. The molecule has 1 saturated heterocycles. The summed E-state index contributed by atoms with van der Waals surface area (Å²) < 4.78 is 33.3. The van der Waals surface area contributed by atoms with Crippen molar-refractivity contribution in [1.29, 1.82) is 0 Å². The molecule has 0 spiro atoms. The van der Waals surface area contributed by atoms with E-state index in [1.54, 1.807) is 7.11 Å². The Morgan fingerprint density at radius 2 is 2.00 bits per heavy atom. The van der Waals surface area contributed by atoms with Crippen molar-refractivity contribution >= 4 is 37.5 Å². The van der Waals surface area contributed by atoms with Crippen molar-refractivity contribution < 1.29 is 17.9 Å². The number of aryl methyl sites for hydroxylation is 2. The Morgan fingerprint density at radius 3 is 2.56 bits per heavy atom. The highest BCUT2D eigenvalue weighted by molar-refractivity contribution is 7.88. The molecule has 1 aromatic carbocycles. The molecule has 1 aliphatic heterocycles. The van der Waals surface area contributed by atoms with Gasteiger partial charge in [0.05, 0.1) is 18.1 Å². The van der Waals surface area contributed by atoms with Crippen LogP contribution in [0.25, 0.3) is 10.2 Å². The van der Waals surface area contributed by atoms with E-state index in [9.17, 15) is 13.2 Å². The standard InChI is InChI=1S/C18H25N3O4S2/c1-5-21-15-14(25-3)7-6-12(2)16(15)26-18(21)19-17(22)13-8-10-20(11-9-13)27(4,23)24/h6-7,13H,5,8-11H2,1-4H3. The van der Waals surface area contributed by atoms with Gasteiger partial charge in [-0.15, -0.1) is 0 Å². The van der Waals surface area contributed by atoms with Crippen LogP contribution >= 0.6 is 11.3 Å². The van der Waals surface area contributed by atoms with Gasteiger partial charge in [-0.25, -0.2) is 12.7 Å². The molecule has 7 nitrogen and oxygen atoms in total. The van der Waals surface area contributed by atoms with Gasteiger partial charge in [-0.1, -0.05) is 17.4 Å². The number of sulfonamides is 1. The first kappa shape index (κ1) is 20.0. The predicted octanol–water partition coefficient (Wildman–Crippen LogP) is 2.14. The smallest absolute Gasteiger partial charge is 0.251 e.